The van der Waals surface area contributed by atoms with E-state index in [0.717, 1.165) is 24.0 Å². The van der Waals surface area contributed by atoms with Gasteiger partial charge in [0.2, 0.25) is 0 Å². The second kappa shape index (κ2) is 18.2. The maximum atomic E-state index is 8.95. The van der Waals surface area contributed by atoms with Crippen LogP contribution in [0.1, 0.15) is 61.3 Å². The zero-order valence-corrected chi connectivity index (χ0v) is 20.7. The topological polar surface area (TPSA) is 20.2 Å². The van der Waals surface area contributed by atoms with Crippen LogP contribution in [-0.2, 0) is 0 Å². The van der Waals surface area contributed by atoms with E-state index in [0.29, 0.717) is 0 Å². The van der Waals surface area contributed by atoms with Crippen LogP contribution in [0.3, 0.4) is 0 Å². The van der Waals surface area contributed by atoms with Crippen LogP contribution < -0.4 is 0 Å². The Bertz CT molecular complexity index is 824. The lowest BCUT2D eigenvalue weighted by atomic mass is 10.1. The Morgan fingerprint density at radius 2 is 1.16 bits per heavy atom. The molecular formula is C30H42O. The van der Waals surface area contributed by atoms with Gasteiger partial charge in [-0.1, -0.05) is 102 Å². The maximum Gasteiger partial charge on any atom is 0.0642 e. The lowest BCUT2D eigenvalue weighted by molar-refractivity contribution is 0.331. The molecule has 0 aliphatic heterocycles. The molecule has 1 nitrogen and oxygen atoms in total. The van der Waals surface area contributed by atoms with Gasteiger partial charge < -0.3 is 5.11 Å². The number of hydrogen-bond acceptors (Lipinski definition) is 1. The molecule has 0 aromatic heterocycles. The first kappa shape index (κ1) is 28.4. The summed E-state index contributed by atoms with van der Waals surface area (Å²) in [4.78, 5) is 0. The first-order chi connectivity index (χ1) is 14.8. The average Bonchev–Trinajstić information content (AvgIpc) is 2.73. The number of aliphatic hydroxyl groups is 1. The average molecular weight is 419 g/mol. The summed E-state index contributed by atoms with van der Waals surface area (Å²) in [6, 6.07) is 0. The second-order valence-electron chi connectivity index (χ2n) is 8.13. The number of hydrogen-bond donors (Lipinski definition) is 1. The highest BCUT2D eigenvalue weighted by Crippen LogP contribution is 2.12. The molecule has 0 radical (unpaired) electrons. The van der Waals surface area contributed by atoms with Crippen LogP contribution >= 0.6 is 0 Å². The van der Waals surface area contributed by atoms with Crippen LogP contribution in [0.4, 0.5) is 0 Å². The molecular weight excluding hydrogens is 376 g/mol. The van der Waals surface area contributed by atoms with Crippen molar-refractivity contribution in [3.8, 4) is 0 Å². The standard InChI is InChI=1S/C30H42O/c1-25(2)16-14-18-27(4)22-23-30(7)29(6)21-13-11-9-8-10-12-17-26(3)19-15-20-28(5)24-31/h8-13,15-17,19-23,31H,14,18,24H2,1-7H3/b9-8+,12-10+,13-11+,19-15+,26-17+,27-22+,28-20+,29-21+,30-23+. The van der Waals surface area contributed by atoms with Gasteiger partial charge in [0.15, 0.2) is 0 Å². The van der Waals surface area contributed by atoms with E-state index in [1.54, 1.807) is 0 Å². The Labute approximate surface area is 191 Å². The third-order valence-electron chi connectivity index (χ3n) is 4.58. The molecule has 0 aromatic rings. The van der Waals surface area contributed by atoms with Crippen molar-refractivity contribution in [2.24, 2.45) is 0 Å². The summed E-state index contributed by atoms with van der Waals surface area (Å²) < 4.78 is 0. The van der Waals surface area contributed by atoms with Gasteiger partial charge in [-0.2, -0.15) is 0 Å². The van der Waals surface area contributed by atoms with Crippen LogP contribution in [0.25, 0.3) is 0 Å². The molecule has 0 saturated heterocycles. The van der Waals surface area contributed by atoms with E-state index in [1.165, 1.54) is 22.3 Å². The predicted octanol–water partition coefficient (Wildman–Crippen LogP) is 8.68. The molecule has 0 rings (SSSR count). The van der Waals surface area contributed by atoms with Crippen molar-refractivity contribution >= 4 is 0 Å². The highest BCUT2D eigenvalue weighted by Gasteiger charge is 1.91. The minimum atomic E-state index is 0.101. The van der Waals surface area contributed by atoms with Crippen molar-refractivity contribution in [3.63, 3.8) is 0 Å². The molecule has 0 aliphatic rings. The zero-order chi connectivity index (χ0) is 23.5. The van der Waals surface area contributed by atoms with Gasteiger partial charge in [0.05, 0.1) is 6.61 Å². The fourth-order valence-corrected chi connectivity index (χ4v) is 2.34. The minimum Gasteiger partial charge on any atom is -0.392 e. The van der Waals surface area contributed by atoms with E-state index in [9.17, 15) is 0 Å². The van der Waals surface area contributed by atoms with E-state index < -0.39 is 0 Å². The maximum absolute atomic E-state index is 8.95. The Hall–Kier alpha value is -2.64. The van der Waals surface area contributed by atoms with Crippen molar-refractivity contribution < 1.29 is 5.11 Å². The predicted molar refractivity (Wildman–Crippen MR) is 141 cm³/mol. The van der Waals surface area contributed by atoms with Crippen molar-refractivity contribution in [1.82, 2.24) is 0 Å². The van der Waals surface area contributed by atoms with Crippen LogP contribution in [0.15, 0.2) is 119 Å². The number of aliphatic hydroxyl groups excluding tert-OH is 1. The summed E-state index contributed by atoms with van der Waals surface area (Å²) in [6.45, 7) is 14.8. The molecule has 1 heteroatoms. The van der Waals surface area contributed by atoms with Crippen LogP contribution in [0.5, 0.6) is 0 Å². The molecule has 0 saturated carbocycles. The van der Waals surface area contributed by atoms with Crippen molar-refractivity contribution in [2.75, 3.05) is 6.61 Å². The lowest BCUT2D eigenvalue weighted by Crippen LogP contribution is -1.81. The van der Waals surface area contributed by atoms with E-state index >= 15 is 0 Å². The molecule has 0 heterocycles. The van der Waals surface area contributed by atoms with Gasteiger partial charge in [0.25, 0.3) is 0 Å². The molecule has 31 heavy (non-hydrogen) atoms. The van der Waals surface area contributed by atoms with E-state index in [2.05, 4.69) is 78.0 Å². The van der Waals surface area contributed by atoms with Gasteiger partial charge in [-0.25, -0.2) is 0 Å². The quantitative estimate of drug-likeness (QED) is 0.248. The van der Waals surface area contributed by atoms with Gasteiger partial charge in [0, 0.05) is 0 Å². The Morgan fingerprint density at radius 3 is 1.77 bits per heavy atom. The third kappa shape index (κ3) is 17.9. The molecule has 0 unspecified atom stereocenters. The van der Waals surface area contributed by atoms with Crippen molar-refractivity contribution in [1.29, 1.82) is 0 Å². The lowest BCUT2D eigenvalue weighted by Gasteiger charge is -2.00. The molecule has 0 amide bonds. The molecule has 0 atom stereocenters. The van der Waals surface area contributed by atoms with E-state index in [-0.39, 0.29) is 6.61 Å². The Balaban J connectivity index is 4.59. The van der Waals surface area contributed by atoms with Gasteiger partial charge in [-0.05, 0) is 78.0 Å². The third-order valence-corrected chi connectivity index (χ3v) is 4.58. The van der Waals surface area contributed by atoms with E-state index in [1.807, 2.05) is 55.5 Å². The Morgan fingerprint density at radius 1 is 0.581 bits per heavy atom. The minimum absolute atomic E-state index is 0.101. The monoisotopic (exact) mass is 418 g/mol. The first-order valence-electron chi connectivity index (χ1n) is 11.0. The second-order valence-corrected chi connectivity index (χ2v) is 8.13. The number of rotatable bonds is 12. The molecule has 1 N–H and O–H groups in total. The van der Waals surface area contributed by atoms with Gasteiger partial charge in [0.1, 0.15) is 0 Å². The van der Waals surface area contributed by atoms with E-state index in [4.69, 9.17) is 5.11 Å². The summed E-state index contributed by atoms with van der Waals surface area (Å²) in [6.07, 6.45) is 31.2. The first-order valence-corrected chi connectivity index (χ1v) is 11.0. The molecule has 0 fully saturated rings. The molecule has 168 valence electrons. The molecule has 0 aromatic carbocycles. The van der Waals surface area contributed by atoms with Gasteiger partial charge in [-0.3, -0.25) is 0 Å². The summed E-state index contributed by atoms with van der Waals surface area (Å²) in [5.74, 6) is 0. The smallest absolute Gasteiger partial charge is 0.0642 e. The largest absolute Gasteiger partial charge is 0.392 e. The summed E-state index contributed by atoms with van der Waals surface area (Å²) in [5, 5.41) is 8.95. The number of allylic oxidation sites excluding steroid dienone is 19. The Kier molecular flexibility index (Phi) is 16.6. The fraction of sp³-hybridized carbons (Fsp3) is 0.333. The zero-order valence-electron chi connectivity index (χ0n) is 20.7. The normalized spacial score (nSPS) is 15.3. The molecule has 0 spiro atoms. The molecule has 0 bridgehead atoms. The molecule has 0 aliphatic carbocycles. The van der Waals surface area contributed by atoms with Gasteiger partial charge in [-0.15, -0.1) is 0 Å². The van der Waals surface area contributed by atoms with Crippen LogP contribution in [0.2, 0.25) is 0 Å². The summed E-state index contributed by atoms with van der Waals surface area (Å²) in [5.41, 5.74) is 7.45. The van der Waals surface area contributed by atoms with Crippen LogP contribution in [0, 0.1) is 0 Å². The van der Waals surface area contributed by atoms with Gasteiger partial charge >= 0.3 is 0 Å². The highest BCUT2D eigenvalue weighted by molar-refractivity contribution is 5.34. The highest BCUT2D eigenvalue weighted by atomic mass is 16.3. The van der Waals surface area contributed by atoms with Crippen LogP contribution in [-0.4, -0.2) is 11.7 Å². The fourth-order valence-electron chi connectivity index (χ4n) is 2.34. The van der Waals surface area contributed by atoms with Crippen molar-refractivity contribution in [2.45, 2.75) is 61.3 Å². The summed E-state index contributed by atoms with van der Waals surface area (Å²) in [7, 11) is 0. The summed E-state index contributed by atoms with van der Waals surface area (Å²) >= 11 is 0. The van der Waals surface area contributed by atoms with Crippen molar-refractivity contribution in [3.05, 3.63) is 119 Å². The SMILES string of the molecule is CC(C)=CCC/C(C)=C/C=C(C)/C(C)=C/C=C/C=C/C=C/C=C(C)/C=C/C=C(\C)CO.